The minimum atomic E-state index is 0.511. The molecular weight excluding hydrogens is 348 g/mol. The van der Waals surface area contributed by atoms with Gasteiger partial charge in [-0.15, -0.1) is 0 Å². The van der Waals surface area contributed by atoms with Crippen molar-refractivity contribution in [1.29, 1.82) is 0 Å². The minimum absolute atomic E-state index is 0.511. The lowest BCUT2D eigenvalue weighted by Crippen LogP contribution is -2.49. The van der Waals surface area contributed by atoms with E-state index in [0.29, 0.717) is 12.6 Å². The largest absolute Gasteiger partial charge is 0.357 e. The van der Waals surface area contributed by atoms with Crippen LogP contribution in [0.15, 0.2) is 47.7 Å². The van der Waals surface area contributed by atoms with E-state index in [1.54, 1.807) is 0 Å². The molecule has 2 heterocycles. The van der Waals surface area contributed by atoms with Crippen LogP contribution in [0.1, 0.15) is 44.0 Å². The molecule has 2 N–H and O–H groups in total. The van der Waals surface area contributed by atoms with E-state index < -0.39 is 0 Å². The first kappa shape index (κ1) is 19.0. The van der Waals surface area contributed by atoms with E-state index >= 15 is 0 Å². The van der Waals surface area contributed by atoms with Crippen molar-refractivity contribution in [3.63, 3.8) is 0 Å². The lowest BCUT2D eigenvalue weighted by Gasteiger charge is -2.33. The van der Waals surface area contributed by atoms with Crippen LogP contribution in [0.5, 0.6) is 0 Å². The lowest BCUT2D eigenvalue weighted by atomic mass is 10.1. The summed E-state index contributed by atoms with van der Waals surface area (Å²) in [6, 6.07) is 11.9. The van der Waals surface area contributed by atoms with Crippen LogP contribution < -0.4 is 10.6 Å². The average Bonchev–Trinajstić information content (AvgIpc) is 3.48. The molecule has 0 bridgehead atoms. The summed E-state index contributed by atoms with van der Waals surface area (Å²) >= 11 is 0. The highest BCUT2D eigenvalue weighted by Gasteiger charge is 2.31. The molecule has 1 aliphatic heterocycles. The molecule has 0 radical (unpaired) electrons. The molecule has 4 rings (SSSR count). The molecule has 0 spiro atoms. The topological polar surface area (TPSA) is 57.5 Å². The van der Waals surface area contributed by atoms with Crippen molar-refractivity contribution in [1.82, 2.24) is 25.1 Å². The molecule has 1 aromatic carbocycles. The van der Waals surface area contributed by atoms with Gasteiger partial charge >= 0.3 is 0 Å². The summed E-state index contributed by atoms with van der Waals surface area (Å²) in [6.07, 6.45) is 9.09. The highest BCUT2D eigenvalue weighted by atomic mass is 15.2. The third-order valence-electron chi connectivity index (χ3n) is 5.65. The smallest absolute Gasteiger partial charge is 0.191 e. The van der Waals surface area contributed by atoms with E-state index in [4.69, 9.17) is 4.99 Å². The van der Waals surface area contributed by atoms with E-state index in [0.717, 1.165) is 30.9 Å². The van der Waals surface area contributed by atoms with E-state index in [9.17, 15) is 0 Å². The van der Waals surface area contributed by atoms with Gasteiger partial charge in [-0.1, -0.05) is 30.3 Å². The maximum Gasteiger partial charge on any atom is 0.191 e. The number of aromatic nitrogens is 2. The van der Waals surface area contributed by atoms with Crippen molar-refractivity contribution >= 4 is 5.96 Å². The Labute approximate surface area is 168 Å². The number of guanidine groups is 1. The molecule has 0 unspecified atom stereocenters. The van der Waals surface area contributed by atoms with Crippen LogP contribution in [-0.4, -0.2) is 52.1 Å². The van der Waals surface area contributed by atoms with Gasteiger partial charge in [0.1, 0.15) is 12.4 Å². The van der Waals surface area contributed by atoms with Crippen molar-refractivity contribution in [2.24, 2.45) is 4.99 Å². The number of rotatable bonds is 7. The third-order valence-corrected chi connectivity index (χ3v) is 5.65. The third kappa shape index (κ3) is 5.13. The lowest BCUT2D eigenvalue weighted by molar-refractivity contribution is 0.197. The van der Waals surface area contributed by atoms with Gasteiger partial charge in [-0.2, -0.15) is 0 Å². The van der Waals surface area contributed by atoms with Gasteiger partial charge in [0.15, 0.2) is 5.96 Å². The molecule has 1 aliphatic carbocycles. The first-order valence-corrected chi connectivity index (χ1v) is 10.6. The van der Waals surface area contributed by atoms with Crippen LogP contribution in [-0.2, 0) is 13.1 Å². The van der Waals surface area contributed by atoms with Gasteiger partial charge in [0.2, 0.25) is 0 Å². The van der Waals surface area contributed by atoms with Crippen LogP contribution in [0.2, 0.25) is 0 Å². The highest BCUT2D eigenvalue weighted by Crippen LogP contribution is 2.29. The summed E-state index contributed by atoms with van der Waals surface area (Å²) in [5.74, 6) is 1.89. The molecule has 28 heavy (non-hydrogen) atoms. The number of nitrogens with zero attached hydrogens (tertiary/aromatic N) is 4. The number of aliphatic imine (C=N–C) groups is 1. The molecule has 1 aromatic heterocycles. The first-order valence-electron chi connectivity index (χ1n) is 10.6. The Morgan fingerprint density at radius 1 is 1.14 bits per heavy atom. The van der Waals surface area contributed by atoms with Gasteiger partial charge in [-0.25, -0.2) is 9.98 Å². The second kappa shape index (κ2) is 9.24. The second-order valence-corrected chi connectivity index (χ2v) is 7.84. The van der Waals surface area contributed by atoms with Gasteiger partial charge in [0, 0.05) is 50.7 Å². The fraction of sp³-hybridized carbons (Fsp3) is 0.545. The minimum Gasteiger partial charge on any atom is -0.357 e. The maximum atomic E-state index is 4.82. The highest BCUT2D eigenvalue weighted by molar-refractivity contribution is 5.80. The van der Waals surface area contributed by atoms with Crippen LogP contribution in [0.4, 0.5) is 0 Å². The van der Waals surface area contributed by atoms with Crippen LogP contribution >= 0.6 is 0 Å². The Bertz CT molecular complexity index is 756. The Morgan fingerprint density at radius 2 is 1.93 bits per heavy atom. The predicted octanol–water partition coefficient (Wildman–Crippen LogP) is 2.61. The predicted molar refractivity (Wildman–Crippen MR) is 113 cm³/mol. The summed E-state index contributed by atoms with van der Waals surface area (Å²) in [5, 5.41) is 7.04. The fourth-order valence-electron chi connectivity index (χ4n) is 3.93. The van der Waals surface area contributed by atoms with Crippen molar-refractivity contribution in [2.45, 2.75) is 57.8 Å². The van der Waals surface area contributed by atoms with Crippen LogP contribution in [0.3, 0.4) is 0 Å². The summed E-state index contributed by atoms with van der Waals surface area (Å²) in [5.41, 5.74) is 1.28. The Kier molecular flexibility index (Phi) is 6.27. The zero-order valence-corrected chi connectivity index (χ0v) is 16.8. The molecule has 6 heteroatoms. The molecule has 6 nitrogen and oxygen atoms in total. The van der Waals surface area contributed by atoms with Crippen molar-refractivity contribution in [3.05, 3.63) is 54.1 Å². The number of hydrogen-bond acceptors (Lipinski definition) is 3. The van der Waals surface area contributed by atoms with Gasteiger partial charge in [-0.3, -0.25) is 0 Å². The number of piperidine rings is 1. The molecule has 1 saturated carbocycles. The van der Waals surface area contributed by atoms with Crippen molar-refractivity contribution in [3.8, 4) is 0 Å². The zero-order chi connectivity index (χ0) is 19.2. The Hall–Kier alpha value is -2.34. The molecular formula is C22H32N6. The summed E-state index contributed by atoms with van der Waals surface area (Å²) < 4.78 is 2.18. The number of nitrogens with one attached hydrogen (secondary N) is 2. The van der Waals surface area contributed by atoms with Gasteiger partial charge < -0.3 is 20.1 Å². The first-order chi connectivity index (χ1) is 13.8. The number of likely N-dealkylation sites (tertiary alicyclic amines) is 1. The summed E-state index contributed by atoms with van der Waals surface area (Å²) in [7, 11) is 0. The zero-order valence-electron chi connectivity index (χ0n) is 16.8. The van der Waals surface area contributed by atoms with Gasteiger partial charge in [-0.05, 0) is 38.2 Å². The quantitative estimate of drug-likeness (QED) is 0.573. The van der Waals surface area contributed by atoms with Gasteiger partial charge in [0.05, 0.1) is 0 Å². The molecule has 2 fully saturated rings. The van der Waals surface area contributed by atoms with Gasteiger partial charge in [0.25, 0.3) is 0 Å². The second-order valence-electron chi connectivity index (χ2n) is 7.84. The number of benzene rings is 1. The Morgan fingerprint density at radius 3 is 2.64 bits per heavy atom. The average molecular weight is 381 g/mol. The van der Waals surface area contributed by atoms with E-state index in [-0.39, 0.29) is 0 Å². The molecule has 0 atom stereocenters. The number of hydrogen-bond donors (Lipinski definition) is 2. The summed E-state index contributed by atoms with van der Waals surface area (Å²) in [6.45, 7) is 6.81. The molecule has 2 aromatic rings. The van der Waals surface area contributed by atoms with Crippen LogP contribution in [0, 0.1) is 0 Å². The standard InChI is InChI=1S/C22H32N6/c1-2-23-22(26-19-10-13-27(14-11-19)20-8-9-20)25-16-21-24-12-15-28(21)17-18-6-4-3-5-7-18/h3-7,12,15,19-20H,2,8-11,13-14,16-17H2,1H3,(H2,23,25,26). The maximum absolute atomic E-state index is 4.82. The van der Waals surface area contributed by atoms with Crippen LogP contribution in [0.25, 0.3) is 0 Å². The molecule has 0 amide bonds. The normalized spacial score (nSPS) is 19.0. The Balaban J connectivity index is 1.34. The van der Waals surface area contributed by atoms with Crippen molar-refractivity contribution < 1.29 is 0 Å². The van der Waals surface area contributed by atoms with E-state index in [2.05, 4.69) is 56.3 Å². The molecule has 1 saturated heterocycles. The summed E-state index contributed by atoms with van der Waals surface area (Å²) in [4.78, 5) is 12.0. The molecule has 2 aliphatic rings. The number of imidazole rings is 1. The SMILES string of the molecule is CCNC(=NCc1nccn1Cc1ccccc1)NC1CCN(C2CC2)CC1. The molecule has 150 valence electrons. The van der Waals surface area contributed by atoms with E-state index in [1.807, 2.05) is 18.5 Å². The monoisotopic (exact) mass is 380 g/mol. The van der Waals surface area contributed by atoms with E-state index in [1.165, 1.54) is 44.3 Å². The fourth-order valence-corrected chi connectivity index (χ4v) is 3.93. The van der Waals surface area contributed by atoms with Crippen molar-refractivity contribution in [2.75, 3.05) is 19.6 Å².